The maximum Gasteiger partial charge on any atom is 0.488 e. The third kappa shape index (κ3) is 4.69. The number of benzene rings is 2. The largest absolute Gasteiger partial charge is 0.506 e. The van der Waals surface area contributed by atoms with E-state index in [1.54, 1.807) is 6.07 Å². The molecule has 0 radical (unpaired) electrons. The first-order chi connectivity index (χ1) is 19.4. The zero-order valence-corrected chi connectivity index (χ0v) is 25.2. The van der Waals surface area contributed by atoms with Crippen molar-refractivity contribution >= 4 is 35.5 Å². The van der Waals surface area contributed by atoms with E-state index in [9.17, 15) is 19.9 Å². The number of hydrogen-bond acceptors (Lipinski definition) is 5. The minimum atomic E-state index is -1.55. The number of unbranched alkanes of at least 4 members (excludes halogenated alkanes) is 2. The zero-order chi connectivity index (χ0) is 29.7. The third-order valence-electron chi connectivity index (χ3n) is 9.05. The van der Waals surface area contributed by atoms with Gasteiger partial charge in [-0.3, -0.25) is 4.79 Å². The Labute approximate surface area is 244 Å². The maximum absolute atomic E-state index is 13.7. The topological polar surface area (TPSA) is 84.0 Å². The SMILES string of the molecule is CCCCN1/C(=C\C2=C(O)C(=C/C3=[N+](CCCC)c4ccccc4C3(C)C)/C2=O)C(C)(C)c2cc(B(O)O)ccc21. The Hall–Kier alpha value is -3.42. The molecule has 0 saturated carbocycles. The van der Waals surface area contributed by atoms with Gasteiger partial charge in [0, 0.05) is 47.5 Å². The van der Waals surface area contributed by atoms with E-state index in [0.29, 0.717) is 16.6 Å². The van der Waals surface area contributed by atoms with Gasteiger partial charge >= 0.3 is 7.12 Å². The highest BCUT2D eigenvalue weighted by Crippen LogP contribution is 2.49. The minimum absolute atomic E-state index is 0.0332. The van der Waals surface area contributed by atoms with Gasteiger partial charge in [-0.05, 0) is 43.4 Å². The number of carbonyl (C=O) groups excluding carboxylic acids is 1. The van der Waals surface area contributed by atoms with E-state index in [1.807, 2.05) is 24.3 Å². The molecule has 2 aromatic rings. The van der Waals surface area contributed by atoms with E-state index in [2.05, 4.69) is 75.3 Å². The highest BCUT2D eigenvalue weighted by Gasteiger charge is 2.47. The van der Waals surface area contributed by atoms with Crippen LogP contribution in [0.1, 0.15) is 78.4 Å². The molecule has 0 atom stereocenters. The standard InChI is InChI=1S/C34H41BN2O4/c1-7-9-17-36-27-14-12-11-13-25(27)33(3,4)29(36)20-23-31(38)24(32(23)39)21-30-34(5,6)26-19-22(35(40)41)15-16-28(26)37(30)18-10-8-2/h11-16,19-21,40-41H,7-10,17-18H2,1-6H3/p+1. The summed E-state index contributed by atoms with van der Waals surface area (Å²) in [5, 5.41) is 30.9. The Kier molecular flexibility index (Phi) is 7.64. The molecule has 0 fully saturated rings. The normalized spacial score (nSPS) is 20.7. The molecule has 2 heterocycles. The lowest BCUT2D eigenvalue weighted by molar-refractivity contribution is -0.438. The van der Waals surface area contributed by atoms with Crippen molar-refractivity contribution in [3.8, 4) is 0 Å². The monoisotopic (exact) mass is 553 g/mol. The third-order valence-corrected chi connectivity index (χ3v) is 9.05. The van der Waals surface area contributed by atoms with Crippen molar-refractivity contribution in [3.63, 3.8) is 0 Å². The van der Waals surface area contributed by atoms with E-state index in [4.69, 9.17) is 0 Å². The highest BCUT2D eigenvalue weighted by atomic mass is 16.4. The van der Waals surface area contributed by atoms with Crippen LogP contribution >= 0.6 is 0 Å². The number of nitrogens with zero attached hydrogens (tertiary/aromatic N) is 2. The van der Waals surface area contributed by atoms with Crippen molar-refractivity contribution in [2.45, 2.75) is 78.1 Å². The zero-order valence-electron chi connectivity index (χ0n) is 25.2. The number of carbonyl (C=O) groups is 1. The van der Waals surface area contributed by atoms with Gasteiger partial charge in [-0.2, -0.15) is 4.58 Å². The summed E-state index contributed by atoms with van der Waals surface area (Å²) in [7, 11) is -1.55. The number of Topliss-reactive ketones (excluding diaryl/α,β-unsaturated/α-hetero) is 1. The molecule has 5 rings (SSSR count). The minimum Gasteiger partial charge on any atom is -0.506 e. The van der Waals surface area contributed by atoms with Crippen molar-refractivity contribution in [2.75, 3.05) is 18.0 Å². The molecule has 6 nitrogen and oxygen atoms in total. The molecule has 0 spiro atoms. The number of hydrogen-bond donors (Lipinski definition) is 3. The fraction of sp³-hybridized carbons (Fsp3) is 0.412. The second-order valence-electron chi connectivity index (χ2n) is 12.5. The lowest BCUT2D eigenvalue weighted by Crippen LogP contribution is -2.32. The summed E-state index contributed by atoms with van der Waals surface area (Å²) in [5.74, 6) is -0.121. The summed E-state index contributed by atoms with van der Waals surface area (Å²) in [5.41, 5.74) is 6.63. The fourth-order valence-electron chi connectivity index (χ4n) is 6.51. The highest BCUT2D eigenvalue weighted by molar-refractivity contribution is 6.58. The quantitative estimate of drug-likeness (QED) is 0.222. The molecular formula is C34H42BN2O4+. The second kappa shape index (κ2) is 10.8. The molecule has 3 N–H and O–H groups in total. The number of anilines is 1. The van der Waals surface area contributed by atoms with Gasteiger partial charge < -0.3 is 20.1 Å². The van der Waals surface area contributed by atoms with E-state index in [-0.39, 0.29) is 17.0 Å². The summed E-state index contributed by atoms with van der Waals surface area (Å²) in [4.78, 5) is 15.9. The molecule has 214 valence electrons. The van der Waals surface area contributed by atoms with Crippen molar-refractivity contribution in [1.82, 2.24) is 0 Å². The first kappa shape index (κ1) is 29.1. The van der Waals surface area contributed by atoms with Crippen molar-refractivity contribution in [1.29, 1.82) is 0 Å². The Balaban J connectivity index is 1.58. The van der Waals surface area contributed by atoms with Crippen LogP contribution in [0, 0.1) is 0 Å². The molecule has 2 aliphatic heterocycles. The van der Waals surface area contributed by atoms with Crippen molar-refractivity contribution in [3.05, 3.63) is 88.3 Å². The van der Waals surface area contributed by atoms with Gasteiger partial charge in [-0.1, -0.05) is 70.9 Å². The molecule has 0 unspecified atom stereocenters. The van der Waals surface area contributed by atoms with E-state index >= 15 is 0 Å². The first-order valence-corrected chi connectivity index (χ1v) is 14.9. The molecule has 1 aliphatic carbocycles. The molecule has 2 aromatic carbocycles. The summed E-state index contributed by atoms with van der Waals surface area (Å²) in [6.45, 7) is 14.5. The van der Waals surface area contributed by atoms with Crippen LogP contribution in [0.4, 0.5) is 11.4 Å². The fourth-order valence-corrected chi connectivity index (χ4v) is 6.51. The number of fused-ring (bicyclic) bond motifs is 2. The van der Waals surface area contributed by atoms with Crippen LogP contribution in [0.5, 0.6) is 0 Å². The van der Waals surface area contributed by atoms with Crippen LogP contribution in [0.25, 0.3) is 0 Å². The number of aliphatic hydroxyl groups is 1. The average Bonchev–Trinajstić information content (AvgIpc) is 3.29. The molecule has 0 amide bonds. The molecule has 3 aliphatic rings. The van der Waals surface area contributed by atoms with Gasteiger partial charge in [0.1, 0.15) is 12.3 Å². The molecule has 0 bridgehead atoms. The number of para-hydroxylation sites is 1. The lowest BCUT2D eigenvalue weighted by atomic mass is 9.75. The van der Waals surface area contributed by atoms with Gasteiger partial charge in [-0.25, -0.2) is 0 Å². The van der Waals surface area contributed by atoms with Gasteiger partial charge in [-0.15, -0.1) is 0 Å². The molecular weight excluding hydrogens is 511 g/mol. The average molecular weight is 554 g/mol. The summed E-state index contributed by atoms with van der Waals surface area (Å²) in [6, 6.07) is 13.9. The Morgan fingerprint density at radius 1 is 0.927 bits per heavy atom. The summed E-state index contributed by atoms with van der Waals surface area (Å²) < 4.78 is 2.30. The summed E-state index contributed by atoms with van der Waals surface area (Å²) in [6.07, 6.45) is 7.81. The maximum atomic E-state index is 13.7. The number of allylic oxidation sites excluding steroid dienone is 5. The van der Waals surface area contributed by atoms with Crippen LogP contribution < -0.4 is 10.4 Å². The van der Waals surface area contributed by atoms with Gasteiger partial charge in [0.25, 0.3) is 0 Å². The molecule has 0 saturated heterocycles. The molecule has 7 heteroatoms. The molecule has 41 heavy (non-hydrogen) atoms. The predicted molar refractivity (Wildman–Crippen MR) is 167 cm³/mol. The van der Waals surface area contributed by atoms with Crippen molar-refractivity contribution in [2.24, 2.45) is 0 Å². The molecule has 0 aromatic heterocycles. The number of rotatable bonds is 9. The Bertz CT molecular complexity index is 1530. The van der Waals surface area contributed by atoms with Crippen LogP contribution in [0.15, 0.2) is 77.2 Å². The first-order valence-electron chi connectivity index (χ1n) is 14.9. The smallest absolute Gasteiger partial charge is 0.488 e. The van der Waals surface area contributed by atoms with Gasteiger partial charge in [0.15, 0.2) is 5.71 Å². The van der Waals surface area contributed by atoms with E-state index in [0.717, 1.165) is 61.4 Å². The van der Waals surface area contributed by atoms with Crippen LogP contribution in [0.3, 0.4) is 0 Å². The summed E-state index contributed by atoms with van der Waals surface area (Å²) >= 11 is 0. The number of ketones is 1. The Morgan fingerprint density at radius 2 is 1.63 bits per heavy atom. The van der Waals surface area contributed by atoms with Crippen molar-refractivity contribution < 1.29 is 24.5 Å². The lowest BCUT2D eigenvalue weighted by Gasteiger charge is -2.29. The second-order valence-corrected chi connectivity index (χ2v) is 12.5. The van der Waals surface area contributed by atoms with Gasteiger partial charge in [0.2, 0.25) is 11.5 Å². The van der Waals surface area contributed by atoms with E-state index < -0.39 is 12.5 Å². The van der Waals surface area contributed by atoms with Crippen LogP contribution in [-0.4, -0.2) is 51.4 Å². The van der Waals surface area contributed by atoms with E-state index in [1.165, 1.54) is 11.3 Å². The Morgan fingerprint density at radius 3 is 2.29 bits per heavy atom. The van der Waals surface area contributed by atoms with Crippen LogP contribution in [-0.2, 0) is 15.6 Å². The van der Waals surface area contributed by atoms with Crippen LogP contribution in [0.2, 0.25) is 0 Å². The van der Waals surface area contributed by atoms with Gasteiger partial charge in [0.05, 0.1) is 16.6 Å². The predicted octanol–water partition coefficient (Wildman–Crippen LogP) is 5.35. The number of aliphatic hydroxyl groups excluding tert-OH is 1.